The number of benzene rings is 2. The summed E-state index contributed by atoms with van der Waals surface area (Å²) in [4.78, 5) is 9.09. The van der Waals surface area contributed by atoms with Crippen molar-refractivity contribution in [3.8, 4) is 0 Å². The van der Waals surface area contributed by atoms with E-state index < -0.39 is 0 Å². The fraction of sp³-hybridized carbons (Fsp3) is 0. The number of nitrogens with two attached hydrogens (primary N) is 2. The molecular weight excluding hydrogens is 228 g/mol. The number of hydrazine groups is 2. The van der Waals surface area contributed by atoms with Gasteiger partial charge >= 0.3 is 0 Å². The lowest BCUT2D eigenvalue weighted by atomic mass is 10.2. The zero-order valence-electron chi connectivity index (χ0n) is 9.51. The summed E-state index contributed by atoms with van der Waals surface area (Å²) in [6, 6.07) is 11.3. The van der Waals surface area contributed by atoms with Crippen LogP contribution in [0.2, 0.25) is 0 Å². The normalized spacial score (nSPS) is 10.8. The van der Waals surface area contributed by atoms with Crippen LogP contribution in [0.5, 0.6) is 0 Å². The molecule has 0 saturated carbocycles. The lowest BCUT2D eigenvalue weighted by molar-refractivity contribution is 1.29. The number of nitrogens with one attached hydrogen (secondary N) is 2. The summed E-state index contributed by atoms with van der Waals surface area (Å²) in [5.74, 6) is 11.0. The van der Waals surface area contributed by atoms with E-state index in [-0.39, 0.29) is 0 Å². The number of nitrogens with zero attached hydrogens (tertiary/aromatic N) is 2. The average molecular weight is 240 g/mol. The molecule has 18 heavy (non-hydrogen) atoms. The highest BCUT2D eigenvalue weighted by atomic mass is 15.3. The first-order chi connectivity index (χ1) is 8.83. The molecule has 6 heteroatoms. The third-order valence-electron chi connectivity index (χ3n) is 2.81. The minimum Gasteiger partial charge on any atom is -0.322 e. The van der Waals surface area contributed by atoms with Crippen molar-refractivity contribution in [1.29, 1.82) is 0 Å². The maximum atomic E-state index is 5.52. The minimum atomic E-state index is 0.633. The van der Waals surface area contributed by atoms with Gasteiger partial charge in [-0.2, -0.15) is 0 Å². The first kappa shape index (κ1) is 10.7. The summed E-state index contributed by atoms with van der Waals surface area (Å²) in [5, 5.41) is 0. The molecular formula is C12H12N6. The Morgan fingerprint density at radius 2 is 1.50 bits per heavy atom. The second kappa shape index (κ2) is 4.10. The third kappa shape index (κ3) is 1.52. The predicted octanol–water partition coefficient (Wildman–Crippen LogP) is 1.35. The van der Waals surface area contributed by atoms with E-state index in [9.17, 15) is 0 Å². The highest BCUT2D eigenvalue weighted by molar-refractivity contribution is 5.98. The number of anilines is 2. The standard InChI is InChI=1S/C12H12N6/c13-17-10-6-5-9-11(12(10)18-14)16-8-4-2-1-3-7(8)15-9/h1-6,17-18H,13-14H2. The van der Waals surface area contributed by atoms with E-state index in [1.807, 2.05) is 30.3 Å². The van der Waals surface area contributed by atoms with E-state index in [4.69, 9.17) is 11.7 Å². The van der Waals surface area contributed by atoms with E-state index in [1.54, 1.807) is 6.07 Å². The zero-order valence-corrected chi connectivity index (χ0v) is 9.51. The topological polar surface area (TPSA) is 102 Å². The summed E-state index contributed by atoms with van der Waals surface area (Å²) >= 11 is 0. The fourth-order valence-electron chi connectivity index (χ4n) is 1.95. The Kier molecular flexibility index (Phi) is 2.44. The predicted molar refractivity (Wildman–Crippen MR) is 72.7 cm³/mol. The zero-order chi connectivity index (χ0) is 12.5. The maximum absolute atomic E-state index is 5.52. The summed E-state index contributed by atoms with van der Waals surface area (Å²) in [7, 11) is 0. The molecule has 2 aromatic carbocycles. The van der Waals surface area contributed by atoms with Crippen LogP contribution in [0, 0.1) is 0 Å². The molecule has 0 atom stereocenters. The van der Waals surface area contributed by atoms with Gasteiger partial charge in [-0.15, -0.1) is 0 Å². The van der Waals surface area contributed by atoms with Crippen molar-refractivity contribution in [2.24, 2.45) is 11.7 Å². The van der Waals surface area contributed by atoms with Gasteiger partial charge in [-0.1, -0.05) is 12.1 Å². The molecule has 0 aliphatic rings. The Morgan fingerprint density at radius 3 is 2.17 bits per heavy atom. The number of hydrogen-bond acceptors (Lipinski definition) is 6. The number of aromatic nitrogens is 2. The quantitative estimate of drug-likeness (QED) is 0.306. The Hall–Kier alpha value is -2.44. The van der Waals surface area contributed by atoms with Crippen molar-refractivity contribution in [2.45, 2.75) is 0 Å². The van der Waals surface area contributed by atoms with Crippen LogP contribution in [-0.4, -0.2) is 9.97 Å². The van der Waals surface area contributed by atoms with Crippen LogP contribution in [0.4, 0.5) is 11.4 Å². The van der Waals surface area contributed by atoms with Gasteiger partial charge in [0.15, 0.2) is 0 Å². The molecule has 0 unspecified atom stereocenters. The highest BCUT2D eigenvalue weighted by Gasteiger charge is 2.09. The summed E-state index contributed by atoms with van der Waals surface area (Å²) in [5.41, 5.74) is 9.61. The molecule has 3 rings (SSSR count). The number of hydrogen-bond donors (Lipinski definition) is 4. The highest BCUT2D eigenvalue weighted by Crippen LogP contribution is 2.29. The molecule has 0 radical (unpaired) electrons. The Labute approximate surface area is 103 Å². The molecule has 0 aliphatic carbocycles. The van der Waals surface area contributed by atoms with Gasteiger partial charge in [0.25, 0.3) is 0 Å². The first-order valence-corrected chi connectivity index (χ1v) is 5.46. The van der Waals surface area contributed by atoms with Crippen molar-refractivity contribution in [3.63, 3.8) is 0 Å². The number of fused-ring (bicyclic) bond motifs is 2. The molecule has 1 heterocycles. The fourth-order valence-corrected chi connectivity index (χ4v) is 1.95. The molecule has 6 nitrogen and oxygen atoms in total. The van der Waals surface area contributed by atoms with Crippen LogP contribution in [-0.2, 0) is 0 Å². The van der Waals surface area contributed by atoms with Crippen LogP contribution in [0.25, 0.3) is 22.1 Å². The molecule has 0 saturated heterocycles. The molecule has 0 spiro atoms. The summed E-state index contributed by atoms with van der Waals surface area (Å²) in [6.45, 7) is 0. The monoisotopic (exact) mass is 240 g/mol. The Bertz CT molecular complexity index is 724. The molecule has 0 amide bonds. The van der Waals surface area contributed by atoms with Crippen molar-refractivity contribution in [3.05, 3.63) is 36.4 Å². The maximum Gasteiger partial charge on any atom is 0.116 e. The van der Waals surface area contributed by atoms with Crippen LogP contribution < -0.4 is 22.5 Å². The van der Waals surface area contributed by atoms with E-state index in [0.29, 0.717) is 16.9 Å². The second-order valence-electron chi connectivity index (χ2n) is 3.86. The van der Waals surface area contributed by atoms with Gasteiger partial charge in [0.05, 0.1) is 22.2 Å². The van der Waals surface area contributed by atoms with Crippen molar-refractivity contribution in [1.82, 2.24) is 9.97 Å². The smallest absolute Gasteiger partial charge is 0.116 e. The number of rotatable bonds is 2. The van der Waals surface area contributed by atoms with Crippen LogP contribution >= 0.6 is 0 Å². The lowest BCUT2D eigenvalue weighted by Crippen LogP contribution is -2.14. The van der Waals surface area contributed by atoms with Gasteiger partial charge in [-0.25, -0.2) is 9.97 Å². The van der Waals surface area contributed by atoms with Gasteiger partial charge in [0, 0.05) is 0 Å². The number of nitrogen functional groups attached to an aromatic ring is 2. The van der Waals surface area contributed by atoms with Gasteiger partial charge in [0.1, 0.15) is 11.2 Å². The molecule has 6 N–H and O–H groups in total. The van der Waals surface area contributed by atoms with E-state index in [0.717, 1.165) is 16.6 Å². The molecule has 90 valence electrons. The molecule has 1 aromatic heterocycles. The minimum absolute atomic E-state index is 0.633. The average Bonchev–Trinajstić information content (AvgIpc) is 2.43. The molecule has 3 aromatic rings. The third-order valence-corrected chi connectivity index (χ3v) is 2.81. The second-order valence-corrected chi connectivity index (χ2v) is 3.86. The van der Waals surface area contributed by atoms with Gasteiger partial charge in [0.2, 0.25) is 0 Å². The van der Waals surface area contributed by atoms with Crippen molar-refractivity contribution < 1.29 is 0 Å². The molecule has 0 aliphatic heterocycles. The lowest BCUT2D eigenvalue weighted by Gasteiger charge is -2.11. The van der Waals surface area contributed by atoms with E-state index in [1.165, 1.54) is 0 Å². The van der Waals surface area contributed by atoms with Gasteiger partial charge in [-0.3, -0.25) is 11.7 Å². The Morgan fingerprint density at radius 1 is 0.778 bits per heavy atom. The van der Waals surface area contributed by atoms with E-state index in [2.05, 4.69) is 20.8 Å². The van der Waals surface area contributed by atoms with Gasteiger partial charge < -0.3 is 10.9 Å². The van der Waals surface area contributed by atoms with E-state index >= 15 is 0 Å². The Balaban J connectivity index is 2.42. The molecule has 0 fully saturated rings. The van der Waals surface area contributed by atoms with Crippen LogP contribution in [0.3, 0.4) is 0 Å². The molecule has 0 bridgehead atoms. The van der Waals surface area contributed by atoms with Crippen LogP contribution in [0.15, 0.2) is 36.4 Å². The number of para-hydroxylation sites is 2. The van der Waals surface area contributed by atoms with Crippen LogP contribution in [0.1, 0.15) is 0 Å². The van der Waals surface area contributed by atoms with Gasteiger partial charge in [-0.05, 0) is 24.3 Å². The summed E-state index contributed by atoms with van der Waals surface area (Å²) in [6.07, 6.45) is 0. The summed E-state index contributed by atoms with van der Waals surface area (Å²) < 4.78 is 0. The largest absolute Gasteiger partial charge is 0.322 e. The first-order valence-electron chi connectivity index (χ1n) is 5.46. The SMILES string of the molecule is NNc1ccc2nc3ccccc3nc2c1NN. The van der Waals surface area contributed by atoms with Crippen molar-refractivity contribution >= 4 is 33.4 Å². The van der Waals surface area contributed by atoms with Crippen molar-refractivity contribution in [2.75, 3.05) is 10.9 Å².